The standard InChI is InChI=1S/C26H42N2.4BrH/c1-23-15-19-27(21-25(23)3)17-13-11-9-7-5-6-8-10-12-14-18-28-20-16-24(2)26(4)22-28;;;;/h15-16,19-22H,5-14,17-18H2,1-4H3;4*1H/q+2;;;;. The van der Waals surface area contributed by atoms with Crippen LogP contribution in [0.4, 0.5) is 0 Å². The molecule has 0 aliphatic heterocycles. The predicted octanol–water partition coefficient (Wildman–Crippen LogP) is 8.41. The third kappa shape index (κ3) is 15.2. The van der Waals surface area contributed by atoms with Crippen LogP contribution >= 0.6 is 67.9 Å². The van der Waals surface area contributed by atoms with E-state index in [-0.39, 0.29) is 67.9 Å². The van der Waals surface area contributed by atoms with Crippen LogP contribution in [-0.2, 0) is 13.1 Å². The quantitative estimate of drug-likeness (QED) is 0.146. The van der Waals surface area contributed by atoms with Gasteiger partial charge in [-0.25, -0.2) is 9.13 Å². The molecule has 0 radical (unpaired) electrons. The van der Waals surface area contributed by atoms with Crippen LogP contribution in [0.1, 0.15) is 86.5 Å². The van der Waals surface area contributed by atoms with Crippen LogP contribution in [0, 0.1) is 27.7 Å². The van der Waals surface area contributed by atoms with Crippen LogP contribution < -0.4 is 9.13 Å². The van der Waals surface area contributed by atoms with Crippen molar-refractivity contribution in [2.24, 2.45) is 0 Å². The molecule has 0 aromatic carbocycles. The van der Waals surface area contributed by atoms with E-state index in [1.54, 1.807) is 0 Å². The molecule has 2 aromatic rings. The van der Waals surface area contributed by atoms with Gasteiger partial charge in [-0.05, 0) is 51.7 Å². The van der Waals surface area contributed by atoms with Gasteiger partial charge < -0.3 is 0 Å². The number of unbranched alkanes of at least 4 members (excludes halogenated alkanes) is 9. The summed E-state index contributed by atoms with van der Waals surface area (Å²) in [5.41, 5.74) is 5.57. The Labute approximate surface area is 239 Å². The maximum atomic E-state index is 2.35. The molecule has 0 amide bonds. The fourth-order valence-electron chi connectivity index (χ4n) is 3.75. The molecule has 0 aliphatic rings. The fraction of sp³-hybridized carbons (Fsp3) is 0.615. The SMILES string of the molecule is Br.Br.Br.Br.Cc1cc[n+](CCCCCCCCCCCC[n+]2ccc(C)c(C)c2)cc1C. The van der Waals surface area contributed by atoms with Crippen LogP contribution in [0.2, 0.25) is 0 Å². The van der Waals surface area contributed by atoms with Gasteiger partial charge in [-0.15, -0.1) is 67.9 Å². The molecule has 0 aliphatic carbocycles. The van der Waals surface area contributed by atoms with Gasteiger partial charge in [0.05, 0.1) is 0 Å². The van der Waals surface area contributed by atoms with Crippen LogP contribution in [0.5, 0.6) is 0 Å². The molecule has 0 bridgehead atoms. The predicted molar refractivity (Wildman–Crippen MR) is 160 cm³/mol. The second-order valence-corrected chi connectivity index (χ2v) is 8.63. The van der Waals surface area contributed by atoms with Crippen molar-refractivity contribution >= 4 is 67.9 Å². The van der Waals surface area contributed by atoms with E-state index in [0.29, 0.717) is 0 Å². The summed E-state index contributed by atoms with van der Waals surface area (Å²) in [5.74, 6) is 0. The molecular formula is C26H46Br4N2+2. The topological polar surface area (TPSA) is 7.76 Å². The number of aromatic nitrogens is 2. The summed E-state index contributed by atoms with van der Waals surface area (Å²) >= 11 is 0. The first-order chi connectivity index (χ1) is 13.6. The molecule has 32 heavy (non-hydrogen) atoms. The Kier molecular flexibility index (Phi) is 25.0. The van der Waals surface area contributed by atoms with E-state index in [1.165, 1.54) is 99.6 Å². The lowest BCUT2D eigenvalue weighted by atomic mass is 10.1. The average Bonchev–Trinajstić information content (AvgIpc) is 2.68. The number of hydrogen-bond donors (Lipinski definition) is 0. The smallest absolute Gasteiger partial charge is 0.171 e. The van der Waals surface area contributed by atoms with Crippen molar-refractivity contribution in [2.45, 2.75) is 105 Å². The maximum Gasteiger partial charge on any atom is 0.171 e. The Hall–Kier alpha value is 0.220. The molecule has 0 saturated carbocycles. The monoisotopic (exact) mass is 702 g/mol. The number of halogens is 4. The number of pyridine rings is 2. The summed E-state index contributed by atoms with van der Waals surface area (Å²) in [6.07, 6.45) is 22.8. The van der Waals surface area contributed by atoms with Gasteiger partial charge in [-0.1, -0.05) is 38.5 Å². The summed E-state index contributed by atoms with van der Waals surface area (Å²) < 4.78 is 4.69. The molecule has 0 fully saturated rings. The first-order valence-electron chi connectivity index (χ1n) is 11.5. The number of nitrogens with zero attached hydrogens (tertiary/aromatic N) is 2. The molecule has 2 aromatic heterocycles. The highest BCUT2D eigenvalue weighted by Crippen LogP contribution is 2.11. The van der Waals surface area contributed by atoms with E-state index in [9.17, 15) is 0 Å². The molecular weight excluding hydrogens is 660 g/mol. The molecule has 0 unspecified atom stereocenters. The van der Waals surface area contributed by atoms with E-state index >= 15 is 0 Å². The van der Waals surface area contributed by atoms with Crippen molar-refractivity contribution in [1.29, 1.82) is 0 Å². The van der Waals surface area contributed by atoms with Crippen LogP contribution in [0.25, 0.3) is 0 Å². The van der Waals surface area contributed by atoms with Crippen LogP contribution in [0.15, 0.2) is 36.9 Å². The molecule has 2 rings (SSSR count). The molecule has 2 nitrogen and oxygen atoms in total. The van der Waals surface area contributed by atoms with Crippen molar-refractivity contribution in [2.75, 3.05) is 0 Å². The lowest BCUT2D eigenvalue weighted by Crippen LogP contribution is -2.33. The molecule has 0 spiro atoms. The third-order valence-corrected chi connectivity index (χ3v) is 6.08. The van der Waals surface area contributed by atoms with E-state index in [0.717, 1.165) is 0 Å². The number of rotatable bonds is 13. The Morgan fingerprint density at radius 3 is 1.00 bits per heavy atom. The van der Waals surface area contributed by atoms with Gasteiger partial charge >= 0.3 is 0 Å². The van der Waals surface area contributed by atoms with Gasteiger partial charge in [0.2, 0.25) is 0 Å². The highest BCUT2D eigenvalue weighted by molar-refractivity contribution is 8.93. The van der Waals surface area contributed by atoms with Crippen molar-refractivity contribution < 1.29 is 9.13 Å². The molecule has 2 heterocycles. The maximum absolute atomic E-state index is 2.35. The minimum Gasteiger partial charge on any atom is -0.205 e. The Balaban J connectivity index is -0.00000210. The lowest BCUT2D eigenvalue weighted by Gasteiger charge is -2.03. The Morgan fingerprint density at radius 2 is 0.719 bits per heavy atom. The van der Waals surface area contributed by atoms with E-state index < -0.39 is 0 Å². The van der Waals surface area contributed by atoms with E-state index in [4.69, 9.17) is 0 Å². The highest BCUT2D eigenvalue weighted by Gasteiger charge is 2.04. The molecule has 0 saturated heterocycles. The van der Waals surface area contributed by atoms with E-state index in [1.807, 2.05) is 0 Å². The summed E-state index contributed by atoms with van der Waals surface area (Å²) in [6, 6.07) is 4.46. The summed E-state index contributed by atoms with van der Waals surface area (Å²) in [5, 5.41) is 0. The van der Waals surface area contributed by atoms with Crippen molar-refractivity contribution in [3.05, 3.63) is 59.2 Å². The number of hydrogen-bond acceptors (Lipinski definition) is 0. The zero-order chi connectivity index (χ0) is 20.2. The second-order valence-electron chi connectivity index (χ2n) is 8.63. The van der Waals surface area contributed by atoms with Crippen LogP contribution in [0.3, 0.4) is 0 Å². The van der Waals surface area contributed by atoms with Gasteiger partial charge in [-0.2, -0.15) is 0 Å². The first-order valence-corrected chi connectivity index (χ1v) is 11.5. The second kappa shape index (κ2) is 21.7. The average molecular weight is 706 g/mol. The molecule has 186 valence electrons. The van der Waals surface area contributed by atoms with Gasteiger partial charge in [0, 0.05) is 36.1 Å². The van der Waals surface area contributed by atoms with Crippen molar-refractivity contribution in [1.82, 2.24) is 0 Å². The first kappa shape index (κ1) is 36.8. The summed E-state index contributed by atoms with van der Waals surface area (Å²) in [7, 11) is 0. The van der Waals surface area contributed by atoms with Crippen molar-refractivity contribution in [3.8, 4) is 0 Å². The van der Waals surface area contributed by atoms with Crippen molar-refractivity contribution in [3.63, 3.8) is 0 Å². The molecule has 0 atom stereocenters. The summed E-state index contributed by atoms with van der Waals surface area (Å²) in [4.78, 5) is 0. The Morgan fingerprint density at radius 1 is 0.438 bits per heavy atom. The normalized spacial score (nSPS) is 9.75. The van der Waals surface area contributed by atoms with Gasteiger partial charge in [-0.3, -0.25) is 0 Å². The zero-order valence-electron chi connectivity index (χ0n) is 20.5. The largest absolute Gasteiger partial charge is 0.205 e. The minimum atomic E-state index is 0. The summed E-state index contributed by atoms with van der Waals surface area (Å²) in [6.45, 7) is 11.1. The van der Waals surface area contributed by atoms with Gasteiger partial charge in [0.15, 0.2) is 24.8 Å². The lowest BCUT2D eigenvalue weighted by molar-refractivity contribution is -0.697. The van der Waals surface area contributed by atoms with E-state index in [2.05, 4.69) is 73.7 Å². The Bertz CT molecular complexity index is 661. The fourth-order valence-corrected chi connectivity index (χ4v) is 3.75. The number of aryl methyl sites for hydroxylation is 6. The van der Waals surface area contributed by atoms with Crippen LogP contribution in [-0.4, -0.2) is 0 Å². The zero-order valence-corrected chi connectivity index (χ0v) is 27.3. The van der Waals surface area contributed by atoms with Gasteiger partial charge in [0.25, 0.3) is 0 Å². The molecule has 0 N–H and O–H groups in total. The minimum absolute atomic E-state index is 0. The third-order valence-electron chi connectivity index (χ3n) is 6.08. The molecule has 6 heteroatoms. The highest BCUT2D eigenvalue weighted by atomic mass is 79.9. The van der Waals surface area contributed by atoms with Gasteiger partial charge in [0.1, 0.15) is 13.1 Å².